The van der Waals surface area contributed by atoms with Gasteiger partial charge in [-0.1, -0.05) is 44.2 Å². The fourth-order valence-corrected chi connectivity index (χ4v) is 4.01. The second kappa shape index (κ2) is 12.2. The summed E-state index contributed by atoms with van der Waals surface area (Å²) < 4.78 is 1.67. The Hall–Kier alpha value is -1.92. The lowest BCUT2D eigenvalue weighted by Crippen LogP contribution is -2.41. The van der Waals surface area contributed by atoms with Crippen molar-refractivity contribution in [2.24, 2.45) is 0 Å². The summed E-state index contributed by atoms with van der Waals surface area (Å²) >= 11 is 6.10. The van der Waals surface area contributed by atoms with Crippen LogP contribution in [0.15, 0.2) is 23.0 Å². The van der Waals surface area contributed by atoms with E-state index in [4.69, 9.17) is 16.6 Å². The second-order valence-electron chi connectivity index (χ2n) is 8.41. The van der Waals surface area contributed by atoms with Crippen molar-refractivity contribution in [1.29, 1.82) is 0 Å². The van der Waals surface area contributed by atoms with Crippen LogP contribution >= 0.6 is 11.6 Å². The monoisotopic (exact) mass is 448 g/mol. The maximum Gasteiger partial charge on any atom is 0.261 e. The van der Waals surface area contributed by atoms with E-state index < -0.39 is 0 Å². The van der Waals surface area contributed by atoms with E-state index >= 15 is 0 Å². The van der Waals surface area contributed by atoms with Crippen molar-refractivity contribution in [2.45, 2.75) is 71.9 Å². The number of benzene rings is 1. The van der Waals surface area contributed by atoms with Gasteiger partial charge in [0.05, 0.1) is 16.9 Å². The van der Waals surface area contributed by atoms with E-state index in [2.05, 4.69) is 11.8 Å². The van der Waals surface area contributed by atoms with Gasteiger partial charge in [0.2, 0.25) is 5.91 Å². The van der Waals surface area contributed by atoms with Crippen LogP contribution in [0.4, 0.5) is 0 Å². The number of hydrogen-bond donors (Lipinski definition) is 0. The fourth-order valence-electron chi connectivity index (χ4n) is 3.84. The Morgan fingerprint density at radius 2 is 1.84 bits per heavy atom. The van der Waals surface area contributed by atoms with Gasteiger partial charge in [0, 0.05) is 31.1 Å². The summed E-state index contributed by atoms with van der Waals surface area (Å²) in [5.41, 5.74) is 0.497. The molecule has 0 saturated carbocycles. The van der Waals surface area contributed by atoms with E-state index in [-0.39, 0.29) is 17.5 Å². The van der Waals surface area contributed by atoms with Gasteiger partial charge in [-0.3, -0.25) is 14.2 Å². The van der Waals surface area contributed by atoms with Gasteiger partial charge in [-0.05, 0) is 52.6 Å². The molecule has 7 heteroatoms. The molecule has 0 radical (unpaired) electrons. The Labute approximate surface area is 191 Å². The number of hydrogen-bond acceptors (Lipinski definition) is 4. The minimum Gasteiger partial charge on any atom is -0.332 e. The van der Waals surface area contributed by atoms with Gasteiger partial charge in [0.15, 0.2) is 0 Å². The maximum atomic E-state index is 13.2. The molecule has 0 bridgehead atoms. The quantitative estimate of drug-likeness (QED) is 0.434. The molecule has 1 atom stereocenters. The van der Waals surface area contributed by atoms with Gasteiger partial charge in [-0.25, -0.2) is 4.98 Å². The van der Waals surface area contributed by atoms with Crippen molar-refractivity contribution in [3.05, 3.63) is 39.4 Å². The first-order chi connectivity index (χ1) is 14.8. The van der Waals surface area contributed by atoms with Crippen LogP contribution in [0.5, 0.6) is 0 Å². The average molecular weight is 449 g/mol. The van der Waals surface area contributed by atoms with Crippen molar-refractivity contribution in [3.63, 3.8) is 0 Å². The number of nitrogens with zero attached hydrogens (tertiary/aromatic N) is 4. The zero-order valence-corrected chi connectivity index (χ0v) is 20.4. The van der Waals surface area contributed by atoms with Gasteiger partial charge in [0.25, 0.3) is 5.56 Å². The molecule has 0 spiro atoms. The van der Waals surface area contributed by atoms with Crippen LogP contribution in [0.3, 0.4) is 0 Å². The van der Waals surface area contributed by atoms with Gasteiger partial charge in [-0.15, -0.1) is 0 Å². The highest BCUT2D eigenvalue weighted by Gasteiger charge is 2.25. The molecule has 0 fully saturated rings. The third kappa shape index (κ3) is 6.78. The highest BCUT2D eigenvalue weighted by Crippen LogP contribution is 2.23. The number of amides is 1. The highest BCUT2D eigenvalue weighted by atomic mass is 35.5. The van der Waals surface area contributed by atoms with E-state index in [0.29, 0.717) is 41.3 Å². The summed E-state index contributed by atoms with van der Waals surface area (Å²) in [6.45, 7) is 7.93. The van der Waals surface area contributed by atoms with Crippen LogP contribution in [0.1, 0.15) is 71.2 Å². The first kappa shape index (κ1) is 25.3. The van der Waals surface area contributed by atoms with E-state index in [9.17, 15) is 9.59 Å². The van der Waals surface area contributed by atoms with Crippen molar-refractivity contribution < 1.29 is 4.79 Å². The standard InChI is InChI=1S/C24H37ClN4O2/c1-6-8-9-10-11-12-22(30)29(16-15-27(4)5)18(3)23-26-21-14-13-19(25)17-20(21)24(31)28(23)7-2/h13-14,17-18H,6-12,15-16H2,1-5H3. The molecule has 2 aromatic rings. The molecule has 0 saturated heterocycles. The summed E-state index contributed by atoms with van der Waals surface area (Å²) in [4.78, 5) is 35.0. The Morgan fingerprint density at radius 1 is 1.13 bits per heavy atom. The number of carbonyl (C=O) groups excluding carboxylic acids is 1. The van der Waals surface area contributed by atoms with Gasteiger partial charge >= 0.3 is 0 Å². The van der Waals surface area contributed by atoms with Crippen molar-refractivity contribution in [2.75, 3.05) is 27.2 Å². The summed E-state index contributed by atoms with van der Waals surface area (Å²) in [6, 6.07) is 4.88. The molecule has 2 rings (SSSR count). The zero-order valence-electron chi connectivity index (χ0n) is 19.7. The predicted octanol–water partition coefficient (Wildman–Crippen LogP) is 4.88. The molecular formula is C24H37ClN4O2. The summed E-state index contributed by atoms with van der Waals surface area (Å²) in [5.74, 6) is 0.749. The van der Waals surface area contributed by atoms with Gasteiger partial charge < -0.3 is 9.80 Å². The fraction of sp³-hybridized carbons (Fsp3) is 0.625. The lowest BCUT2D eigenvalue weighted by Gasteiger charge is -2.31. The third-order valence-corrected chi connectivity index (χ3v) is 5.94. The van der Waals surface area contributed by atoms with Crippen LogP contribution in [-0.2, 0) is 11.3 Å². The zero-order chi connectivity index (χ0) is 23.0. The molecule has 6 nitrogen and oxygen atoms in total. The molecule has 172 valence electrons. The molecule has 1 amide bonds. The predicted molar refractivity (Wildman–Crippen MR) is 129 cm³/mol. The maximum absolute atomic E-state index is 13.2. The minimum atomic E-state index is -0.296. The van der Waals surface area contributed by atoms with E-state index in [1.54, 1.807) is 22.8 Å². The average Bonchev–Trinajstić information content (AvgIpc) is 2.73. The van der Waals surface area contributed by atoms with Crippen LogP contribution < -0.4 is 5.56 Å². The van der Waals surface area contributed by atoms with Crippen molar-refractivity contribution in [3.8, 4) is 0 Å². The number of halogens is 1. The Bertz CT molecular complexity index is 926. The number of likely N-dealkylation sites (N-methyl/N-ethyl adjacent to an activating group) is 1. The summed E-state index contributed by atoms with van der Waals surface area (Å²) in [6.07, 6.45) is 6.07. The summed E-state index contributed by atoms with van der Waals surface area (Å²) in [5, 5.41) is 1.02. The van der Waals surface area contributed by atoms with Crippen LogP contribution in [0.2, 0.25) is 5.02 Å². The van der Waals surface area contributed by atoms with Gasteiger partial charge in [0.1, 0.15) is 5.82 Å². The molecule has 1 aromatic carbocycles. The lowest BCUT2D eigenvalue weighted by molar-refractivity contribution is -0.133. The third-order valence-electron chi connectivity index (χ3n) is 5.71. The van der Waals surface area contributed by atoms with E-state index in [1.807, 2.05) is 32.8 Å². The van der Waals surface area contributed by atoms with Crippen LogP contribution in [-0.4, -0.2) is 52.4 Å². The topological polar surface area (TPSA) is 58.4 Å². The van der Waals surface area contributed by atoms with E-state index in [0.717, 1.165) is 19.4 Å². The number of carbonyl (C=O) groups is 1. The SMILES string of the molecule is CCCCCCCC(=O)N(CCN(C)C)C(C)c1nc2ccc(Cl)cc2c(=O)n1CC. The Balaban J connectivity index is 2.35. The number of unbranched alkanes of at least 4 members (excludes halogenated alkanes) is 4. The Morgan fingerprint density at radius 3 is 2.48 bits per heavy atom. The second-order valence-corrected chi connectivity index (χ2v) is 8.85. The molecule has 0 aliphatic carbocycles. The highest BCUT2D eigenvalue weighted by molar-refractivity contribution is 6.31. The normalized spacial score (nSPS) is 12.5. The summed E-state index contributed by atoms with van der Waals surface area (Å²) in [7, 11) is 4.00. The largest absolute Gasteiger partial charge is 0.332 e. The molecular weight excluding hydrogens is 412 g/mol. The van der Waals surface area contributed by atoms with Gasteiger partial charge in [-0.2, -0.15) is 0 Å². The number of rotatable bonds is 12. The molecule has 0 aliphatic rings. The van der Waals surface area contributed by atoms with Crippen LogP contribution in [0, 0.1) is 0 Å². The van der Waals surface area contributed by atoms with Crippen LogP contribution in [0.25, 0.3) is 10.9 Å². The first-order valence-electron chi connectivity index (χ1n) is 11.4. The molecule has 0 N–H and O–H groups in total. The minimum absolute atomic E-state index is 0.114. The molecule has 1 unspecified atom stereocenters. The first-order valence-corrected chi connectivity index (χ1v) is 11.8. The molecule has 31 heavy (non-hydrogen) atoms. The molecule has 1 heterocycles. The van der Waals surface area contributed by atoms with Crippen molar-refractivity contribution >= 4 is 28.4 Å². The lowest BCUT2D eigenvalue weighted by atomic mass is 10.1. The molecule has 0 aliphatic heterocycles. The number of aromatic nitrogens is 2. The number of fused-ring (bicyclic) bond motifs is 1. The Kier molecular flexibility index (Phi) is 9.97. The van der Waals surface area contributed by atoms with E-state index in [1.165, 1.54) is 19.3 Å². The smallest absolute Gasteiger partial charge is 0.261 e. The van der Waals surface area contributed by atoms with Crippen molar-refractivity contribution in [1.82, 2.24) is 19.4 Å². The molecule has 1 aromatic heterocycles.